The Kier molecular flexibility index (Phi) is 8.23. The highest BCUT2D eigenvalue weighted by molar-refractivity contribution is 5.95. The molecule has 2 atom stereocenters. The molecule has 230 valence electrons. The summed E-state index contributed by atoms with van der Waals surface area (Å²) < 4.78 is 99.8. The van der Waals surface area contributed by atoms with Crippen LogP contribution in [0.15, 0.2) is 82.0 Å². The smallest absolute Gasteiger partial charge is 0.416 e. The summed E-state index contributed by atoms with van der Waals surface area (Å²) in [5, 5.41) is 2.67. The first-order chi connectivity index (χ1) is 20.7. The maximum Gasteiger partial charge on any atom is 0.416 e. The Morgan fingerprint density at radius 1 is 0.886 bits per heavy atom. The number of nitrogens with zero attached hydrogens (tertiary/aromatic N) is 1. The van der Waals surface area contributed by atoms with E-state index in [0.717, 1.165) is 23.8 Å². The van der Waals surface area contributed by atoms with Crippen LogP contribution in [0.25, 0.3) is 11.0 Å². The van der Waals surface area contributed by atoms with Gasteiger partial charge in [-0.15, -0.1) is 0 Å². The number of hydrogen-bond donors (Lipinski definition) is 1. The van der Waals surface area contributed by atoms with Gasteiger partial charge in [-0.3, -0.25) is 14.4 Å². The van der Waals surface area contributed by atoms with Crippen molar-refractivity contribution in [1.82, 2.24) is 10.2 Å². The molecular formula is C31H23F7N2O4. The van der Waals surface area contributed by atoms with Gasteiger partial charge in [0.25, 0.3) is 11.8 Å². The van der Waals surface area contributed by atoms with Crippen LogP contribution in [0, 0.1) is 5.82 Å². The van der Waals surface area contributed by atoms with Gasteiger partial charge in [-0.2, -0.15) is 26.3 Å². The third-order valence-electron chi connectivity index (χ3n) is 7.37. The van der Waals surface area contributed by atoms with Gasteiger partial charge in [0.15, 0.2) is 11.2 Å². The number of nitrogens with one attached hydrogen (secondary N) is 1. The van der Waals surface area contributed by atoms with Crippen LogP contribution in [0.5, 0.6) is 0 Å². The molecule has 5 rings (SSSR count). The number of hydrogen-bond acceptors (Lipinski definition) is 4. The first kappa shape index (κ1) is 30.8. The van der Waals surface area contributed by atoms with E-state index in [4.69, 9.17) is 4.42 Å². The van der Waals surface area contributed by atoms with E-state index >= 15 is 0 Å². The third kappa shape index (κ3) is 6.76. The molecule has 2 heterocycles. The molecule has 0 unspecified atom stereocenters. The largest absolute Gasteiger partial charge is 0.451 e. The van der Waals surface area contributed by atoms with Gasteiger partial charge in [0.1, 0.15) is 11.4 Å². The lowest BCUT2D eigenvalue weighted by molar-refractivity contribution is -0.143. The van der Waals surface area contributed by atoms with Crippen molar-refractivity contribution in [3.63, 3.8) is 0 Å². The standard InChI is InChI=1S/C31H23F7N2O4/c32-21-6-7-26-24(14-21)25(41)16-27(44-26)28(42)39-22-8-9-40(23(15-22)10-17-4-2-1-3-5-17)29(43)18-11-19(30(33,34)35)13-20(12-18)31(36,37)38/h1-7,11-14,16,22-23H,8-10,15H2,(H,39,42)/t22-,23+/m0/s1. The Bertz CT molecular complexity index is 1740. The fourth-order valence-corrected chi connectivity index (χ4v) is 5.27. The molecular weight excluding hydrogens is 597 g/mol. The van der Waals surface area contributed by atoms with E-state index in [1.165, 1.54) is 11.0 Å². The molecule has 0 saturated carbocycles. The SMILES string of the molecule is O=C(N[C@H]1CCN(C(=O)c2cc(C(F)(F)F)cc(C(F)(F)F)c2)[C@H](Cc2ccccc2)C1)c1cc(=O)c2cc(F)ccc2o1. The van der Waals surface area contributed by atoms with Gasteiger partial charge in [-0.25, -0.2) is 4.39 Å². The molecule has 4 aromatic rings. The Balaban J connectivity index is 1.42. The van der Waals surface area contributed by atoms with Crippen LogP contribution in [0.3, 0.4) is 0 Å². The first-order valence-electron chi connectivity index (χ1n) is 13.4. The molecule has 1 aliphatic heterocycles. The van der Waals surface area contributed by atoms with Crippen LogP contribution in [-0.2, 0) is 18.8 Å². The van der Waals surface area contributed by atoms with Gasteiger partial charge in [0.2, 0.25) is 0 Å². The van der Waals surface area contributed by atoms with Crippen molar-refractivity contribution in [2.24, 2.45) is 0 Å². The van der Waals surface area contributed by atoms with E-state index in [0.29, 0.717) is 12.1 Å². The van der Waals surface area contributed by atoms with Crippen molar-refractivity contribution in [3.8, 4) is 0 Å². The second kappa shape index (κ2) is 11.8. The summed E-state index contributed by atoms with van der Waals surface area (Å²) in [6.45, 7) is -0.0974. The number of amides is 2. The Hall–Kier alpha value is -4.68. The van der Waals surface area contributed by atoms with Crippen LogP contribution < -0.4 is 10.7 Å². The summed E-state index contributed by atoms with van der Waals surface area (Å²) in [7, 11) is 0. The molecule has 2 amide bonds. The fraction of sp³-hybridized carbons (Fsp3) is 0.258. The van der Waals surface area contributed by atoms with Crippen LogP contribution >= 0.6 is 0 Å². The van der Waals surface area contributed by atoms with Crippen molar-refractivity contribution < 1.29 is 44.7 Å². The Labute approximate surface area is 245 Å². The van der Waals surface area contributed by atoms with Crippen LogP contribution in [0.2, 0.25) is 0 Å². The molecule has 0 radical (unpaired) electrons. The molecule has 1 aliphatic rings. The number of carbonyl (C=O) groups is 2. The topological polar surface area (TPSA) is 79.6 Å². The highest BCUT2D eigenvalue weighted by Crippen LogP contribution is 2.37. The van der Waals surface area contributed by atoms with E-state index in [2.05, 4.69) is 5.32 Å². The normalized spacial score (nSPS) is 17.5. The Morgan fingerprint density at radius 3 is 2.18 bits per heavy atom. The number of benzene rings is 3. The van der Waals surface area contributed by atoms with E-state index in [1.807, 2.05) is 0 Å². The van der Waals surface area contributed by atoms with E-state index in [9.17, 15) is 45.1 Å². The van der Waals surface area contributed by atoms with Crippen molar-refractivity contribution in [2.45, 2.75) is 43.7 Å². The van der Waals surface area contributed by atoms with Gasteiger partial charge in [-0.05, 0) is 61.2 Å². The molecule has 1 fully saturated rings. The van der Waals surface area contributed by atoms with E-state index < -0.39 is 64.2 Å². The molecule has 1 saturated heterocycles. The molecule has 3 aromatic carbocycles. The summed E-state index contributed by atoms with van der Waals surface area (Å²) in [5.41, 5.74) is -3.87. The monoisotopic (exact) mass is 620 g/mol. The molecule has 0 spiro atoms. The summed E-state index contributed by atoms with van der Waals surface area (Å²) in [6, 6.07) is 12.3. The average Bonchev–Trinajstić information content (AvgIpc) is 2.96. The highest BCUT2D eigenvalue weighted by Gasteiger charge is 2.39. The minimum atomic E-state index is -5.12. The lowest BCUT2D eigenvalue weighted by atomic mass is 9.91. The number of rotatable bonds is 5. The second-order valence-electron chi connectivity index (χ2n) is 10.4. The van der Waals surface area contributed by atoms with Crippen molar-refractivity contribution in [2.75, 3.05) is 6.54 Å². The van der Waals surface area contributed by atoms with E-state index in [-0.39, 0.29) is 48.6 Å². The zero-order valence-corrected chi connectivity index (χ0v) is 22.6. The predicted octanol–water partition coefficient (Wildman–Crippen LogP) is 6.62. The van der Waals surface area contributed by atoms with Crippen molar-refractivity contribution in [1.29, 1.82) is 0 Å². The maximum atomic E-state index is 13.5. The average molecular weight is 621 g/mol. The Morgan fingerprint density at radius 2 is 1.55 bits per heavy atom. The van der Waals surface area contributed by atoms with Gasteiger partial charge in [-0.1, -0.05) is 30.3 Å². The summed E-state index contributed by atoms with van der Waals surface area (Å²) in [4.78, 5) is 40.2. The third-order valence-corrected chi connectivity index (χ3v) is 7.37. The van der Waals surface area contributed by atoms with Crippen molar-refractivity contribution >= 4 is 22.8 Å². The lowest BCUT2D eigenvalue weighted by Crippen LogP contribution is -2.52. The van der Waals surface area contributed by atoms with E-state index in [1.54, 1.807) is 30.3 Å². The van der Waals surface area contributed by atoms with Gasteiger partial charge in [0.05, 0.1) is 16.5 Å². The first-order valence-corrected chi connectivity index (χ1v) is 13.4. The number of fused-ring (bicyclic) bond motifs is 1. The lowest BCUT2D eigenvalue weighted by Gasteiger charge is -2.40. The van der Waals surface area contributed by atoms with Crippen molar-refractivity contribution in [3.05, 3.63) is 117 Å². The predicted molar refractivity (Wildman–Crippen MR) is 144 cm³/mol. The van der Waals surface area contributed by atoms with Gasteiger partial charge < -0.3 is 14.6 Å². The minimum Gasteiger partial charge on any atom is -0.451 e. The zero-order valence-electron chi connectivity index (χ0n) is 22.6. The molecule has 0 aliphatic carbocycles. The maximum absolute atomic E-state index is 13.5. The summed E-state index contributed by atoms with van der Waals surface area (Å²) >= 11 is 0. The van der Waals surface area contributed by atoms with Crippen LogP contribution in [-0.4, -0.2) is 35.3 Å². The number of alkyl halides is 6. The fourth-order valence-electron chi connectivity index (χ4n) is 5.27. The number of carbonyl (C=O) groups excluding carboxylic acids is 2. The van der Waals surface area contributed by atoms with Crippen LogP contribution in [0.4, 0.5) is 30.7 Å². The molecule has 44 heavy (non-hydrogen) atoms. The molecule has 6 nitrogen and oxygen atoms in total. The van der Waals surface area contributed by atoms with Crippen LogP contribution in [0.1, 0.15) is 50.4 Å². The second-order valence-corrected chi connectivity index (χ2v) is 10.4. The summed E-state index contributed by atoms with van der Waals surface area (Å²) in [6.07, 6.45) is -9.84. The minimum absolute atomic E-state index is 0.00858. The number of likely N-dealkylation sites (tertiary alicyclic amines) is 1. The van der Waals surface area contributed by atoms with Gasteiger partial charge >= 0.3 is 12.4 Å². The molecule has 1 N–H and O–H groups in total. The molecule has 1 aromatic heterocycles. The molecule has 0 bridgehead atoms. The number of halogens is 7. The molecule has 13 heteroatoms. The summed E-state index contributed by atoms with van der Waals surface area (Å²) in [5.74, 6) is -2.77. The van der Waals surface area contributed by atoms with Gasteiger partial charge in [0, 0.05) is 30.3 Å². The zero-order chi connectivity index (χ0) is 31.8. The number of piperidine rings is 1. The quantitative estimate of drug-likeness (QED) is 0.255. The highest BCUT2D eigenvalue weighted by atomic mass is 19.4.